The minimum absolute atomic E-state index is 0.0584. The maximum Gasteiger partial charge on any atom is 0.220 e. The number of ether oxygens (including phenoxy) is 1. The number of carbonyl (C=O) groups excluding carboxylic acids is 1. The van der Waals surface area contributed by atoms with Crippen molar-refractivity contribution in [3.63, 3.8) is 0 Å². The van der Waals surface area contributed by atoms with E-state index < -0.39 is 0 Å². The fourth-order valence-corrected chi connectivity index (χ4v) is 1.23. The van der Waals surface area contributed by atoms with Gasteiger partial charge in [-0.25, -0.2) is 0 Å². The summed E-state index contributed by atoms with van der Waals surface area (Å²) in [6, 6.07) is 0.0790. The van der Waals surface area contributed by atoms with Crippen molar-refractivity contribution in [1.82, 2.24) is 5.32 Å². The molecule has 0 aliphatic rings. The molecule has 3 N–H and O–H groups in total. The van der Waals surface area contributed by atoms with Gasteiger partial charge in [-0.15, -0.1) is 0 Å². The van der Waals surface area contributed by atoms with Gasteiger partial charge in [0, 0.05) is 26.1 Å². The van der Waals surface area contributed by atoms with Crippen LogP contribution in [-0.2, 0) is 9.53 Å². The zero-order chi connectivity index (χ0) is 11.8. The maximum atomic E-state index is 11.5. The van der Waals surface area contributed by atoms with Gasteiger partial charge in [0.25, 0.3) is 0 Å². The Labute approximate surface area is 92.6 Å². The zero-order valence-corrected chi connectivity index (χ0v) is 10.2. The Morgan fingerprint density at radius 2 is 2.00 bits per heavy atom. The highest BCUT2D eigenvalue weighted by Crippen LogP contribution is 2.03. The van der Waals surface area contributed by atoms with Gasteiger partial charge in [-0.05, 0) is 19.3 Å². The van der Waals surface area contributed by atoms with E-state index in [1.807, 2.05) is 6.92 Å². The highest BCUT2D eigenvalue weighted by molar-refractivity contribution is 5.76. The summed E-state index contributed by atoms with van der Waals surface area (Å²) in [4.78, 5) is 11.5. The summed E-state index contributed by atoms with van der Waals surface area (Å²) in [7, 11) is 1.65. The first-order valence-corrected chi connectivity index (χ1v) is 5.53. The lowest BCUT2D eigenvalue weighted by molar-refractivity contribution is -0.122. The van der Waals surface area contributed by atoms with E-state index in [-0.39, 0.29) is 18.1 Å². The minimum Gasteiger partial charge on any atom is -0.382 e. The number of nitrogens with one attached hydrogen (secondary N) is 1. The molecule has 4 heteroatoms. The van der Waals surface area contributed by atoms with E-state index in [0.717, 1.165) is 6.42 Å². The highest BCUT2D eigenvalue weighted by atomic mass is 16.5. The van der Waals surface area contributed by atoms with Crippen molar-refractivity contribution < 1.29 is 9.53 Å². The summed E-state index contributed by atoms with van der Waals surface area (Å²) >= 11 is 0. The Morgan fingerprint density at radius 1 is 1.40 bits per heavy atom. The molecule has 0 aromatic rings. The van der Waals surface area contributed by atoms with E-state index in [9.17, 15) is 4.79 Å². The van der Waals surface area contributed by atoms with Crippen LogP contribution >= 0.6 is 0 Å². The molecule has 2 atom stereocenters. The van der Waals surface area contributed by atoms with Crippen molar-refractivity contribution in [2.75, 3.05) is 13.7 Å². The largest absolute Gasteiger partial charge is 0.382 e. The first-order chi connectivity index (χ1) is 7.01. The monoisotopic (exact) mass is 216 g/mol. The molecule has 0 saturated carbocycles. The average Bonchev–Trinajstić information content (AvgIpc) is 2.21. The van der Waals surface area contributed by atoms with Gasteiger partial charge in [-0.1, -0.05) is 13.8 Å². The van der Waals surface area contributed by atoms with E-state index in [1.165, 1.54) is 0 Å². The van der Waals surface area contributed by atoms with E-state index >= 15 is 0 Å². The minimum atomic E-state index is 0.0584. The lowest BCUT2D eigenvalue weighted by atomic mass is 10.0. The van der Waals surface area contributed by atoms with Crippen molar-refractivity contribution in [2.24, 2.45) is 11.7 Å². The second-order valence-electron chi connectivity index (χ2n) is 4.24. The molecular weight excluding hydrogens is 192 g/mol. The SMILES string of the molecule is COC(C)CCC(=O)NC(CN)C(C)C. The molecule has 0 aliphatic heterocycles. The molecule has 0 saturated heterocycles. The van der Waals surface area contributed by atoms with Crippen molar-refractivity contribution >= 4 is 5.91 Å². The Bertz CT molecular complexity index is 183. The van der Waals surface area contributed by atoms with Crippen LogP contribution in [0.3, 0.4) is 0 Å². The standard InChI is InChI=1S/C11H24N2O2/c1-8(2)10(7-12)13-11(14)6-5-9(3)15-4/h8-10H,5-7,12H2,1-4H3,(H,13,14). The fourth-order valence-electron chi connectivity index (χ4n) is 1.23. The molecule has 0 fully saturated rings. The van der Waals surface area contributed by atoms with E-state index in [4.69, 9.17) is 10.5 Å². The van der Waals surface area contributed by atoms with Gasteiger partial charge in [0.15, 0.2) is 0 Å². The molecule has 90 valence electrons. The first-order valence-electron chi connectivity index (χ1n) is 5.53. The summed E-state index contributed by atoms with van der Waals surface area (Å²) in [6.45, 7) is 6.55. The molecule has 4 nitrogen and oxygen atoms in total. The van der Waals surface area contributed by atoms with Crippen LogP contribution in [-0.4, -0.2) is 31.7 Å². The fraction of sp³-hybridized carbons (Fsp3) is 0.909. The molecule has 0 rings (SSSR count). The number of methoxy groups -OCH3 is 1. The molecule has 0 spiro atoms. The topological polar surface area (TPSA) is 64.3 Å². The lowest BCUT2D eigenvalue weighted by Gasteiger charge is -2.20. The second-order valence-corrected chi connectivity index (χ2v) is 4.24. The van der Waals surface area contributed by atoms with Gasteiger partial charge in [0.2, 0.25) is 5.91 Å². The summed E-state index contributed by atoms with van der Waals surface area (Å²) in [5.41, 5.74) is 5.56. The lowest BCUT2D eigenvalue weighted by Crippen LogP contribution is -2.43. The summed E-state index contributed by atoms with van der Waals surface area (Å²) < 4.78 is 5.07. The third kappa shape index (κ3) is 6.47. The summed E-state index contributed by atoms with van der Waals surface area (Å²) in [5, 5.41) is 2.93. The van der Waals surface area contributed by atoms with Gasteiger partial charge in [0.05, 0.1) is 6.10 Å². The molecule has 1 amide bonds. The Morgan fingerprint density at radius 3 is 2.40 bits per heavy atom. The van der Waals surface area contributed by atoms with E-state index in [1.54, 1.807) is 7.11 Å². The Balaban J connectivity index is 3.81. The van der Waals surface area contributed by atoms with Crippen LogP contribution in [0.5, 0.6) is 0 Å². The van der Waals surface area contributed by atoms with Crippen LogP contribution < -0.4 is 11.1 Å². The molecule has 0 aliphatic carbocycles. The van der Waals surface area contributed by atoms with E-state index in [0.29, 0.717) is 18.9 Å². The van der Waals surface area contributed by atoms with Crippen LogP contribution in [0.1, 0.15) is 33.6 Å². The summed E-state index contributed by atoms with van der Waals surface area (Å²) in [6.07, 6.45) is 1.38. The third-order valence-corrected chi connectivity index (χ3v) is 2.59. The van der Waals surface area contributed by atoms with Gasteiger partial charge < -0.3 is 15.8 Å². The number of nitrogens with two attached hydrogens (primary N) is 1. The Kier molecular flexibility index (Phi) is 7.34. The molecule has 0 heterocycles. The van der Waals surface area contributed by atoms with Gasteiger partial charge in [0.1, 0.15) is 0 Å². The smallest absolute Gasteiger partial charge is 0.220 e. The molecular formula is C11H24N2O2. The number of rotatable bonds is 7. The normalized spacial score (nSPS) is 15.1. The second kappa shape index (κ2) is 7.65. The molecule has 0 radical (unpaired) electrons. The highest BCUT2D eigenvalue weighted by Gasteiger charge is 2.14. The van der Waals surface area contributed by atoms with E-state index in [2.05, 4.69) is 19.2 Å². The number of hydrogen-bond acceptors (Lipinski definition) is 3. The molecule has 0 bridgehead atoms. The van der Waals surface area contributed by atoms with Crippen LogP contribution in [0.25, 0.3) is 0 Å². The number of hydrogen-bond donors (Lipinski definition) is 2. The molecule has 0 aromatic carbocycles. The summed E-state index contributed by atoms with van der Waals surface area (Å²) in [5.74, 6) is 0.432. The van der Waals surface area contributed by atoms with Crippen molar-refractivity contribution in [3.05, 3.63) is 0 Å². The van der Waals surface area contributed by atoms with Crippen molar-refractivity contribution in [1.29, 1.82) is 0 Å². The molecule has 15 heavy (non-hydrogen) atoms. The van der Waals surface area contributed by atoms with Gasteiger partial charge >= 0.3 is 0 Å². The Hall–Kier alpha value is -0.610. The predicted octanol–water partition coefficient (Wildman–Crippen LogP) is 0.901. The number of amides is 1. The van der Waals surface area contributed by atoms with Gasteiger partial charge in [-0.3, -0.25) is 4.79 Å². The van der Waals surface area contributed by atoms with Crippen molar-refractivity contribution in [3.8, 4) is 0 Å². The number of carbonyl (C=O) groups is 1. The quantitative estimate of drug-likeness (QED) is 0.664. The molecule has 2 unspecified atom stereocenters. The maximum absolute atomic E-state index is 11.5. The van der Waals surface area contributed by atoms with Crippen LogP contribution in [0.15, 0.2) is 0 Å². The molecule has 0 aromatic heterocycles. The predicted molar refractivity (Wildman–Crippen MR) is 61.5 cm³/mol. The average molecular weight is 216 g/mol. The van der Waals surface area contributed by atoms with Crippen LogP contribution in [0, 0.1) is 5.92 Å². The van der Waals surface area contributed by atoms with Gasteiger partial charge in [-0.2, -0.15) is 0 Å². The van der Waals surface area contributed by atoms with Crippen LogP contribution in [0.2, 0.25) is 0 Å². The first kappa shape index (κ1) is 14.4. The van der Waals surface area contributed by atoms with Crippen molar-refractivity contribution in [2.45, 2.75) is 45.8 Å². The third-order valence-electron chi connectivity index (χ3n) is 2.59. The zero-order valence-electron chi connectivity index (χ0n) is 10.2. The van der Waals surface area contributed by atoms with Crippen LogP contribution in [0.4, 0.5) is 0 Å².